The van der Waals surface area contributed by atoms with Gasteiger partial charge in [-0.15, -0.1) is 0 Å². The molecule has 9 heteroatoms. The molecule has 8 atom stereocenters. The van der Waals surface area contributed by atoms with E-state index in [0.29, 0.717) is 29.1 Å². The zero-order chi connectivity index (χ0) is 28.7. The number of anilines is 1. The van der Waals surface area contributed by atoms with Crippen LogP contribution in [0.4, 0.5) is 5.69 Å². The third-order valence-electron chi connectivity index (χ3n) is 10.4. The van der Waals surface area contributed by atoms with Crippen molar-refractivity contribution in [3.8, 4) is 0 Å². The smallest absolute Gasteiger partial charge is 0.246 e. The highest BCUT2D eigenvalue weighted by molar-refractivity contribution is 6.30. The van der Waals surface area contributed by atoms with E-state index in [9.17, 15) is 14.4 Å². The van der Waals surface area contributed by atoms with Gasteiger partial charge in [-0.3, -0.25) is 14.4 Å². The lowest BCUT2D eigenvalue weighted by atomic mass is 9.73. The van der Waals surface area contributed by atoms with E-state index in [1.165, 1.54) is 25.7 Å². The first kappa shape index (κ1) is 28.7. The highest BCUT2D eigenvalue weighted by Crippen LogP contribution is 2.55. The number of nitrogens with one attached hydrogen (secondary N) is 2. The Morgan fingerprint density at radius 3 is 2.66 bits per heavy atom. The summed E-state index contributed by atoms with van der Waals surface area (Å²) in [4.78, 5) is 46.2. The van der Waals surface area contributed by atoms with Crippen molar-refractivity contribution in [2.24, 2.45) is 23.7 Å². The first-order valence-electron chi connectivity index (χ1n) is 15.6. The van der Waals surface area contributed by atoms with Crippen LogP contribution < -0.4 is 10.6 Å². The lowest BCUT2D eigenvalue weighted by Crippen LogP contribution is -2.58. The molecular weight excluding hydrogens is 540 g/mol. The van der Waals surface area contributed by atoms with Gasteiger partial charge < -0.3 is 25.2 Å². The number of piperidine rings is 1. The van der Waals surface area contributed by atoms with Crippen molar-refractivity contribution >= 4 is 35.0 Å². The number of carbonyl (C=O) groups is 3. The van der Waals surface area contributed by atoms with E-state index in [4.69, 9.17) is 16.3 Å². The maximum Gasteiger partial charge on any atom is 0.246 e. The summed E-state index contributed by atoms with van der Waals surface area (Å²) >= 11 is 6.14. The molecule has 0 radical (unpaired) electrons. The van der Waals surface area contributed by atoms with E-state index in [0.717, 1.165) is 38.9 Å². The van der Waals surface area contributed by atoms with Crippen LogP contribution in [0.3, 0.4) is 0 Å². The maximum absolute atomic E-state index is 14.2. The summed E-state index contributed by atoms with van der Waals surface area (Å²) in [5.74, 6) is -1.18. The van der Waals surface area contributed by atoms with Crippen LogP contribution in [0.1, 0.15) is 58.8 Å². The predicted octanol–water partition coefficient (Wildman–Crippen LogP) is 4.25. The summed E-state index contributed by atoms with van der Waals surface area (Å²) < 4.78 is 6.52. The summed E-state index contributed by atoms with van der Waals surface area (Å²) in [6.45, 7) is 7.98. The van der Waals surface area contributed by atoms with Crippen molar-refractivity contribution in [1.82, 2.24) is 15.1 Å². The van der Waals surface area contributed by atoms with Gasteiger partial charge in [-0.2, -0.15) is 0 Å². The number of carbonyl (C=O) groups excluding carboxylic acids is 3. The average molecular weight is 583 g/mol. The molecule has 4 aliphatic heterocycles. The first-order chi connectivity index (χ1) is 19.8. The molecular formula is C32H43ClN4O4. The molecule has 1 saturated carbocycles. The van der Waals surface area contributed by atoms with Crippen LogP contribution in [0.2, 0.25) is 5.02 Å². The van der Waals surface area contributed by atoms with Crippen LogP contribution in [-0.2, 0) is 19.1 Å². The third-order valence-corrected chi connectivity index (χ3v) is 10.6. The van der Waals surface area contributed by atoms with Gasteiger partial charge in [-0.05, 0) is 75.4 Å². The molecule has 0 aromatic heterocycles. The normalized spacial score (nSPS) is 36.4. The number of nitrogens with zero attached hydrogens (tertiary/aromatic N) is 2. The van der Waals surface area contributed by atoms with E-state index in [1.54, 1.807) is 29.2 Å². The minimum absolute atomic E-state index is 0.0662. The zero-order valence-electron chi connectivity index (χ0n) is 24.2. The fourth-order valence-corrected chi connectivity index (χ4v) is 8.18. The van der Waals surface area contributed by atoms with Crippen molar-refractivity contribution < 1.29 is 19.1 Å². The Morgan fingerprint density at radius 2 is 1.88 bits per heavy atom. The molecule has 5 aliphatic rings. The summed E-state index contributed by atoms with van der Waals surface area (Å²) in [7, 11) is 0. The first-order valence-corrected chi connectivity index (χ1v) is 15.9. The molecule has 3 amide bonds. The summed E-state index contributed by atoms with van der Waals surface area (Å²) in [6, 6.07) is 6.25. The Bertz CT molecular complexity index is 1200. The molecule has 1 spiro atoms. The second-order valence-electron chi connectivity index (χ2n) is 12.9. The average Bonchev–Trinajstić information content (AvgIpc) is 3.59. The minimum atomic E-state index is -1.14. The molecule has 8 nitrogen and oxygen atoms in total. The number of likely N-dealkylation sites (tertiary alicyclic amines) is 2. The van der Waals surface area contributed by atoms with Gasteiger partial charge in [0.2, 0.25) is 17.7 Å². The number of hydrogen-bond acceptors (Lipinski definition) is 5. The van der Waals surface area contributed by atoms with Gasteiger partial charge in [-0.25, -0.2) is 0 Å². The van der Waals surface area contributed by atoms with E-state index in [2.05, 4.69) is 29.4 Å². The SMILES string of the molecule is CC1CCCC(NC(=O)C2N(CCCN3CCCCC3)C(=O)C3C(C(=O)Nc4cccc(Cl)c4)C4C=CC32O4)C1C. The molecule has 4 heterocycles. The Balaban J connectivity index is 1.25. The number of halogens is 1. The lowest BCUT2D eigenvalue weighted by molar-refractivity contribution is -0.141. The molecule has 1 aromatic carbocycles. The van der Waals surface area contributed by atoms with Gasteiger partial charge in [0.1, 0.15) is 11.6 Å². The van der Waals surface area contributed by atoms with E-state index < -0.39 is 29.6 Å². The van der Waals surface area contributed by atoms with Crippen LogP contribution >= 0.6 is 11.6 Å². The van der Waals surface area contributed by atoms with Crippen molar-refractivity contribution in [3.63, 3.8) is 0 Å². The second kappa shape index (κ2) is 11.7. The highest BCUT2D eigenvalue weighted by Gasteiger charge is 2.72. The Hall–Kier alpha value is -2.42. The van der Waals surface area contributed by atoms with Gasteiger partial charge in [-0.1, -0.05) is 62.9 Å². The molecule has 8 unspecified atom stereocenters. The van der Waals surface area contributed by atoms with Gasteiger partial charge in [0.15, 0.2) is 0 Å². The minimum Gasteiger partial charge on any atom is -0.359 e. The van der Waals surface area contributed by atoms with Gasteiger partial charge >= 0.3 is 0 Å². The molecule has 6 rings (SSSR count). The molecule has 222 valence electrons. The second-order valence-corrected chi connectivity index (χ2v) is 13.3. The molecule has 2 bridgehead atoms. The molecule has 4 fully saturated rings. The third kappa shape index (κ3) is 5.32. The topological polar surface area (TPSA) is 91.0 Å². The quantitative estimate of drug-likeness (QED) is 0.447. The van der Waals surface area contributed by atoms with Gasteiger partial charge in [0.05, 0.1) is 17.9 Å². The number of amides is 3. The van der Waals surface area contributed by atoms with Crippen LogP contribution in [0.25, 0.3) is 0 Å². The van der Waals surface area contributed by atoms with E-state index in [1.807, 2.05) is 12.2 Å². The van der Waals surface area contributed by atoms with Crippen molar-refractivity contribution in [2.45, 2.75) is 82.6 Å². The molecule has 41 heavy (non-hydrogen) atoms. The van der Waals surface area contributed by atoms with E-state index in [-0.39, 0.29) is 23.8 Å². The number of fused-ring (bicyclic) bond motifs is 1. The lowest BCUT2D eigenvalue weighted by Gasteiger charge is -2.38. The number of hydrogen-bond donors (Lipinski definition) is 2. The van der Waals surface area contributed by atoms with E-state index >= 15 is 0 Å². The fraction of sp³-hybridized carbons (Fsp3) is 0.656. The molecule has 1 aromatic rings. The van der Waals surface area contributed by atoms with Crippen LogP contribution in [-0.4, -0.2) is 77.5 Å². The molecule has 3 saturated heterocycles. The Labute approximate surface area is 248 Å². The predicted molar refractivity (Wildman–Crippen MR) is 158 cm³/mol. The maximum atomic E-state index is 14.2. The Morgan fingerprint density at radius 1 is 1.07 bits per heavy atom. The summed E-state index contributed by atoms with van der Waals surface area (Å²) in [5.41, 5.74) is -0.571. The standard InChI is InChI=1S/C32H43ClN4O4/c1-20-9-6-12-24(21(20)2)35-30(39)28-32-14-13-25(41-32)26(29(38)34-23-11-7-10-22(33)19-23)27(32)31(40)37(28)18-8-17-36-15-4-3-5-16-36/h7,10-11,13-14,19-21,24-28H,3-6,8-9,12,15-18H2,1-2H3,(H,34,38)(H,35,39). The molecule has 1 aliphatic carbocycles. The zero-order valence-corrected chi connectivity index (χ0v) is 24.9. The highest BCUT2D eigenvalue weighted by atomic mass is 35.5. The fourth-order valence-electron chi connectivity index (χ4n) is 7.99. The molecule has 2 N–H and O–H groups in total. The number of ether oxygens (including phenoxy) is 1. The largest absolute Gasteiger partial charge is 0.359 e. The Kier molecular flexibility index (Phi) is 8.18. The van der Waals surface area contributed by atoms with Crippen molar-refractivity contribution in [1.29, 1.82) is 0 Å². The number of benzene rings is 1. The summed E-state index contributed by atoms with van der Waals surface area (Å²) in [5, 5.41) is 6.80. The monoisotopic (exact) mass is 582 g/mol. The van der Waals surface area contributed by atoms with Crippen LogP contribution in [0.5, 0.6) is 0 Å². The summed E-state index contributed by atoms with van der Waals surface area (Å²) in [6.07, 6.45) is 10.9. The van der Waals surface area contributed by atoms with Crippen molar-refractivity contribution in [3.05, 3.63) is 41.4 Å². The van der Waals surface area contributed by atoms with Crippen LogP contribution in [0.15, 0.2) is 36.4 Å². The van der Waals surface area contributed by atoms with Gasteiger partial charge in [0, 0.05) is 23.3 Å². The van der Waals surface area contributed by atoms with Gasteiger partial charge in [0.25, 0.3) is 0 Å². The number of rotatable bonds is 8. The van der Waals surface area contributed by atoms with Crippen molar-refractivity contribution in [2.75, 3.05) is 31.5 Å². The van der Waals surface area contributed by atoms with Crippen LogP contribution in [0, 0.1) is 23.7 Å².